The van der Waals surface area contributed by atoms with Crippen molar-refractivity contribution < 1.29 is 9.59 Å². The third-order valence-corrected chi connectivity index (χ3v) is 3.87. The molecule has 1 aromatic heterocycles. The Morgan fingerprint density at radius 3 is 2.58 bits per heavy atom. The molecule has 6 nitrogen and oxygen atoms in total. The van der Waals surface area contributed by atoms with Crippen LogP contribution in [-0.4, -0.2) is 27.6 Å². The topological polar surface area (TPSA) is 76.0 Å². The second-order valence-corrected chi connectivity index (χ2v) is 5.88. The van der Waals surface area contributed by atoms with E-state index in [1.54, 1.807) is 10.7 Å². The van der Waals surface area contributed by atoms with Gasteiger partial charge in [0, 0.05) is 12.1 Å². The number of benzene rings is 1. The SMILES string of the molecule is Cc1cc(NC(=O)C(=O)NC2CC=CC2)n(Cc2ccccc2)n1. The van der Waals surface area contributed by atoms with Gasteiger partial charge in [-0.3, -0.25) is 9.59 Å². The standard InChI is InChI=1S/C18H20N4O2/c1-13-11-16(22(21-13)12-14-7-3-2-4-8-14)20-18(24)17(23)19-15-9-5-6-10-15/h2-8,11,15H,9-10,12H2,1H3,(H,19,23)(H,20,24). The lowest BCUT2D eigenvalue weighted by Crippen LogP contribution is -2.41. The molecule has 2 N–H and O–H groups in total. The second kappa shape index (κ2) is 7.12. The fourth-order valence-corrected chi connectivity index (χ4v) is 2.68. The molecule has 0 spiro atoms. The number of carbonyl (C=O) groups is 2. The molecule has 1 aliphatic rings. The molecule has 2 aromatic rings. The zero-order valence-corrected chi connectivity index (χ0v) is 13.5. The van der Waals surface area contributed by atoms with Crippen LogP contribution < -0.4 is 10.6 Å². The van der Waals surface area contributed by atoms with Crippen molar-refractivity contribution in [1.29, 1.82) is 0 Å². The summed E-state index contributed by atoms with van der Waals surface area (Å²) < 4.78 is 1.69. The lowest BCUT2D eigenvalue weighted by molar-refractivity contribution is -0.136. The monoisotopic (exact) mass is 324 g/mol. The van der Waals surface area contributed by atoms with Gasteiger partial charge < -0.3 is 10.6 Å². The normalized spacial score (nSPS) is 13.9. The number of nitrogens with one attached hydrogen (secondary N) is 2. The fourth-order valence-electron chi connectivity index (χ4n) is 2.68. The lowest BCUT2D eigenvalue weighted by atomic mass is 10.2. The van der Waals surface area contributed by atoms with Gasteiger partial charge in [0.1, 0.15) is 5.82 Å². The molecule has 1 heterocycles. The number of aromatic nitrogens is 2. The molecule has 2 amide bonds. The number of amides is 2. The molecule has 6 heteroatoms. The molecule has 1 aromatic carbocycles. The van der Waals surface area contributed by atoms with Crippen molar-refractivity contribution in [2.75, 3.05) is 5.32 Å². The van der Waals surface area contributed by atoms with Crippen LogP contribution in [0.4, 0.5) is 5.82 Å². The van der Waals surface area contributed by atoms with E-state index in [0.29, 0.717) is 12.4 Å². The van der Waals surface area contributed by atoms with E-state index in [9.17, 15) is 9.59 Å². The first-order chi connectivity index (χ1) is 11.6. The van der Waals surface area contributed by atoms with Crippen LogP contribution in [-0.2, 0) is 16.1 Å². The summed E-state index contributed by atoms with van der Waals surface area (Å²) in [5.41, 5.74) is 1.85. The Morgan fingerprint density at radius 1 is 1.17 bits per heavy atom. The molecule has 0 fully saturated rings. The number of hydrogen-bond donors (Lipinski definition) is 2. The Bertz CT molecular complexity index is 757. The lowest BCUT2D eigenvalue weighted by Gasteiger charge is -2.12. The van der Waals surface area contributed by atoms with Crippen LogP contribution in [0.1, 0.15) is 24.1 Å². The highest BCUT2D eigenvalue weighted by molar-refractivity contribution is 6.39. The van der Waals surface area contributed by atoms with E-state index in [0.717, 1.165) is 24.1 Å². The van der Waals surface area contributed by atoms with Gasteiger partial charge in [-0.15, -0.1) is 0 Å². The van der Waals surface area contributed by atoms with Crippen LogP contribution in [0.15, 0.2) is 48.6 Å². The molecular formula is C18H20N4O2. The molecule has 0 saturated carbocycles. The maximum absolute atomic E-state index is 12.1. The highest BCUT2D eigenvalue weighted by Gasteiger charge is 2.20. The van der Waals surface area contributed by atoms with E-state index in [1.807, 2.05) is 49.4 Å². The predicted molar refractivity (Wildman–Crippen MR) is 91.4 cm³/mol. The average Bonchev–Trinajstić information content (AvgIpc) is 3.18. The maximum Gasteiger partial charge on any atom is 0.314 e. The van der Waals surface area contributed by atoms with Gasteiger partial charge in [-0.05, 0) is 25.3 Å². The quantitative estimate of drug-likeness (QED) is 0.667. The van der Waals surface area contributed by atoms with Crippen LogP contribution in [0.5, 0.6) is 0 Å². The third-order valence-electron chi connectivity index (χ3n) is 3.87. The van der Waals surface area contributed by atoms with E-state index in [-0.39, 0.29) is 6.04 Å². The summed E-state index contributed by atoms with van der Waals surface area (Å²) in [5, 5.41) is 9.77. The maximum atomic E-state index is 12.1. The highest BCUT2D eigenvalue weighted by Crippen LogP contribution is 2.13. The van der Waals surface area contributed by atoms with Crippen molar-refractivity contribution in [1.82, 2.24) is 15.1 Å². The molecule has 124 valence electrons. The van der Waals surface area contributed by atoms with Crippen LogP contribution in [0.2, 0.25) is 0 Å². The molecule has 3 rings (SSSR count). The van der Waals surface area contributed by atoms with Crippen molar-refractivity contribution >= 4 is 17.6 Å². The highest BCUT2D eigenvalue weighted by atomic mass is 16.2. The van der Waals surface area contributed by atoms with Crippen molar-refractivity contribution in [2.24, 2.45) is 0 Å². The van der Waals surface area contributed by atoms with E-state index in [1.165, 1.54) is 0 Å². The summed E-state index contributed by atoms with van der Waals surface area (Å²) in [4.78, 5) is 24.1. The summed E-state index contributed by atoms with van der Waals surface area (Å²) >= 11 is 0. The molecule has 0 aliphatic heterocycles. The number of carbonyl (C=O) groups excluding carboxylic acids is 2. The van der Waals surface area contributed by atoms with Gasteiger partial charge in [-0.2, -0.15) is 5.10 Å². The van der Waals surface area contributed by atoms with Crippen LogP contribution >= 0.6 is 0 Å². The van der Waals surface area contributed by atoms with Gasteiger partial charge in [0.15, 0.2) is 0 Å². The van der Waals surface area contributed by atoms with Gasteiger partial charge in [0.2, 0.25) is 0 Å². The fraction of sp³-hybridized carbons (Fsp3) is 0.278. The molecule has 24 heavy (non-hydrogen) atoms. The minimum absolute atomic E-state index is 0.0132. The van der Waals surface area contributed by atoms with Gasteiger partial charge in [-0.25, -0.2) is 4.68 Å². The number of aryl methyl sites for hydroxylation is 1. The molecule has 1 aliphatic carbocycles. The number of anilines is 1. The van der Waals surface area contributed by atoms with Crippen LogP contribution in [0.25, 0.3) is 0 Å². The summed E-state index contributed by atoms with van der Waals surface area (Å²) in [6.07, 6.45) is 5.54. The smallest absolute Gasteiger partial charge is 0.314 e. The predicted octanol–water partition coefficient (Wildman–Crippen LogP) is 2.01. The van der Waals surface area contributed by atoms with E-state index < -0.39 is 11.8 Å². The Morgan fingerprint density at radius 2 is 1.88 bits per heavy atom. The van der Waals surface area contributed by atoms with Gasteiger partial charge in [0.05, 0.1) is 12.2 Å². The first kappa shape index (κ1) is 16.0. The first-order valence-electron chi connectivity index (χ1n) is 7.97. The minimum atomic E-state index is -0.670. The number of rotatable bonds is 4. The van der Waals surface area contributed by atoms with E-state index >= 15 is 0 Å². The Labute approximate surface area is 140 Å². The molecule has 0 unspecified atom stereocenters. The molecule has 0 bridgehead atoms. The molecule has 0 saturated heterocycles. The van der Waals surface area contributed by atoms with E-state index in [4.69, 9.17) is 0 Å². The Kier molecular flexibility index (Phi) is 4.74. The molecule has 0 radical (unpaired) electrons. The summed E-state index contributed by atoms with van der Waals surface area (Å²) in [5.74, 6) is -0.772. The Balaban J connectivity index is 1.66. The zero-order chi connectivity index (χ0) is 16.9. The number of nitrogens with zero attached hydrogens (tertiary/aromatic N) is 2. The van der Waals surface area contributed by atoms with Crippen molar-refractivity contribution in [3.8, 4) is 0 Å². The first-order valence-corrected chi connectivity index (χ1v) is 7.97. The largest absolute Gasteiger partial charge is 0.344 e. The average molecular weight is 324 g/mol. The second-order valence-electron chi connectivity index (χ2n) is 5.88. The van der Waals surface area contributed by atoms with Gasteiger partial charge in [0.25, 0.3) is 0 Å². The van der Waals surface area contributed by atoms with Gasteiger partial charge >= 0.3 is 11.8 Å². The Hall–Kier alpha value is -2.89. The summed E-state index contributed by atoms with van der Waals surface area (Å²) in [6, 6.07) is 11.6. The zero-order valence-electron chi connectivity index (χ0n) is 13.5. The third kappa shape index (κ3) is 3.90. The van der Waals surface area contributed by atoms with Crippen molar-refractivity contribution in [2.45, 2.75) is 32.4 Å². The van der Waals surface area contributed by atoms with Crippen molar-refractivity contribution in [3.05, 3.63) is 59.8 Å². The summed E-state index contributed by atoms with van der Waals surface area (Å²) in [6.45, 7) is 2.37. The summed E-state index contributed by atoms with van der Waals surface area (Å²) in [7, 11) is 0. The van der Waals surface area contributed by atoms with E-state index in [2.05, 4.69) is 15.7 Å². The molecule has 0 atom stereocenters. The van der Waals surface area contributed by atoms with Crippen LogP contribution in [0, 0.1) is 6.92 Å². The molecular weight excluding hydrogens is 304 g/mol. The minimum Gasteiger partial charge on any atom is -0.344 e. The van der Waals surface area contributed by atoms with Crippen LogP contribution in [0.3, 0.4) is 0 Å². The van der Waals surface area contributed by atoms with Gasteiger partial charge in [-0.1, -0.05) is 42.5 Å². The number of hydrogen-bond acceptors (Lipinski definition) is 3. The van der Waals surface area contributed by atoms with Crippen molar-refractivity contribution in [3.63, 3.8) is 0 Å².